The van der Waals surface area contributed by atoms with E-state index in [0.717, 1.165) is 40.2 Å². The summed E-state index contributed by atoms with van der Waals surface area (Å²) in [7, 11) is 3.49. The lowest BCUT2D eigenvalue weighted by Crippen LogP contribution is -2.37. The summed E-state index contributed by atoms with van der Waals surface area (Å²) in [6, 6.07) is 8.81. The van der Waals surface area contributed by atoms with E-state index in [1.165, 1.54) is 26.2 Å². The van der Waals surface area contributed by atoms with Crippen LogP contribution in [0.4, 0.5) is 5.69 Å². The van der Waals surface area contributed by atoms with Gasteiger partial charge in [-0.3, -0.25) is 14.5 Å². The number of rotatable bonds is 7. The molecular weight excluding hydrogens is 556 g/mol. The van der Waals surface area contributed by atoms with Crippen molar-refractivity contribution in [3.8, 4) is 11.5 Å². The number of carbonyl (C=O) groups is 2. The van der Waals surface area contributed by atoms with Crippen molar-refractivity contribution >= 4 is 49.4 Å². The van der Waals surface area contributed by atoms with E-state index in [-0.39, 0.29) is 23.8 Å². The highest BCUT2D eigenvalue weighted by Crippen LogP contribution is 2.34. The Morgan fingerprint density at radius 3 is 2.61 bits per heavy atom. The van der Waals surface area contributed by atoms with Crippen LogP contribution in [-0.2, 0) is 11.3 Å². The summed E-state index contributed by atoms with van der Waals surface area (Å²) in [6.45, 7) is 1.91. The molecule has 0 heterocycles. The number of carbonyl (C=O) groups excluding carboxylic acids is 2. The van der Waals surface area contributed by atoms with Crippen molar-refractivity contribution in [3.63, 3.8) is 0 Å². The Morgan fingerprint density at radius 1 is 1.18 bits per heavy atom. The van der Waals surface area contributed by atoms with Crippen molar-refractivity contribution in [2.75, 3.05) is 19.5 Å². The van der Waals surface area contributed by atoms with Crippen LogP contribution in [0.25, 0.3) is 0 Å². The van der Waals surface area contributed by atoms with Gasteiger partial charge in [-0.05, 0) is 84.6 Å². The molecule has 0 spiro atoms. The topological polar surface area (TPSA) is 88.1 Å². The molecule has 0 radical (unpaired) electrons. The summed E-state index contributed by atoms with van der Waals surface area (Å²) in [6.07, 6.45) is 3.39. The molecule has 1 amide bonds. The van der Waals surface area contributed by atoms with Gasteiger partial charge in [0.1, 0.15) is 0 Å². The molecule has 1 aliphatic carbocycles. The van der Waals surface area contributed by atoms with Gasteiger partial charge in [0.05, 0.1) is 18.9 Å². The molecule has 1 fully saturated rings. The highest BCUT2D eigenvalue weighted by molar-refractivity contribution is 9.11. The smallest absolute Gasteiger partial charge is 0.308 e. The summed E-state index contributed by atoms with van der Waals surface area (Å²) in [5.41, 5.74) is 1.98. The first-order chi connectivity index (χ1) is 15.7. The first-order valence-corrected chi connectivity index (χ1v) is 12.3. The number of aliphatic hydroxyl groups is 1. The number of hydrogen-bond donors (Lipinski definition) is 2. The zero-order valence-corrected chi connectivity index (χ0v) is 22.0. The van der Waals surface area contributed by atoms with E-state index in [0.29, 0.717) is 23.5 Å². The number of aliphatic hydroxyl groups excluding tert-OH is 1. The molecule has 2 atom stereocenters. The monoisotopic (exact) mass is 582 g/mol. The average Bonchev–Trinajstić information content (AvgIpc) is 2.75. The molecule has 0 aliphatic heterocycles. The quantitative estimate of drug-likeness (QED) is 0.347. The van der Waals surface area contributed by atoms with Gasteiger partial charge >= 0.3 is 5.97 Å². The Bertz CT molecular complexity index is 1030. The van der Waals surface area contributed by atoms with Gasteiger partial charge in [0, 0.05) is 34.0 Å². The fourth-order valence-electron chi connectivity index (χ4n) is 4.06. The van der Waals surface area contributed by atoms with Gasteiger partial charge in [-0.1, -0.05) is 15.9 Å². The van der Waals surface area contributed by atoms with E-state index in [9.17, 15) is 14.7 Å². The number of hydrogen-bond acceptors (Lipinski definition) is 6. The number of nitrogens with one attached hydrogen (secondary N) is 1. The second-order valence-corrected chi connectivity index (χ2v) is 9.99. The number of halogens is 2. The molecule has 33 heavy (non-hydrogen) atoms. The van der Waals surface area contributed by atoms with E-state index in [1.807, 2.05) is 19.2 Å². The lowest BCUT2D eigenvalue weighted by atomic mass is 9.92. The van der Waals surface area contributed by atoms with Gasteiger partial charge in [0.25, 0.3) is 5.91 Å². The first kappa shape index (κ1) is 25.7. The number of esters is 1. The lowest BCUT2D eigenvalue weighted by Gasteiger charge is -2.34. The molecule has 1 aliphatic rings. The molecule has 0 bridgehead atoms. The van der Waals surface area contributed by atoms with Crippen molar-refractivity contribution < 1.29 is 24.2 Å². The van der Waals surface area contributed by atoms with Gasteiger partial charge in [0.15, 0.2) is 11.5 Å². The SMILES string of the molecule is COc1cc(C(=O)Nc2c(Br)cc(Br)cc2CN(C)[C@@H]2CCC[C@H](O)C2)ccc1OC(C)=O. The second kappa shape index (κ2) is 11.5. The molecule has 2 N–H and O–H groups in total. The standard InChI is InChI=1S/C24H28Br2N2O5/c1-14(29)33-21-8-7-15(10-22(21)32-3)24(31)27-23-16(9-17(25)11-20(23)26)13-28(2)18-5-4-6-19(30)12-18/h7-11,18-19,30H,4-6,12-13H2,1-3H3,(H,27,31)/t18-,19+/m1/s1. The Hall–Kier alpha value is -1.94. The van der Waals surface area contributed by atoms with Gasteiger partial charge in [0.2, 0.25) is 0 Å². The van der Waals surface area contributed by atoms with Crippen molar-refractivity contribution in [2.45, 2.75) is 51.3 Å². The molecule has 1 saturated carbocycles. The summed E-state index contributed by atoms with van der Waals surface area (Å²) < 4.78 is 12.0. The third kappa shape index (κ3) is 6.79. The maximum absolute atomic E-state index is 13.1. The zero-order chi connectivity index (χ0) is 24.1. The highest BCUT2D eigenvalue weighted by atomic mass is 79.9. The molecule has 178 valence electrons. The van der Waals surface area contributed by atoms with Crippen LogP contribution >= 0.6 is 31.9 Å². The first-order valence-electron chi connectivity index (χ1n) is 10.7. The number of methoxy groups -OCH3 is 1. The zero-order valence-electron chi connectivity index (χ0n) is 18.9. The molecular formula is C24H28Br2N2O5. The maximum Gasteiger partial charge on any atom is 0.308 e. The summed E-state index contributed by atoms with van der Waals surface area (Å²) in [4.78, 5) is 26.6. The average molecular weight is 584 g/mol. The molecule has 2 aromatic rings. The minimum absolute atomic E-state index is 0.253. The highest BCUT2D eigenvalue weighted by Gasteiger charge is 2.25. The van der Waals surface area contributed by atoms with E-state index < -0.39 is 5.97 Å². The Morgan fingerprint density at radius 2 is 1.94 bits per heavy atom. The van der Waals surface area contributed by atoms with Gasteiger partial charge in [-0.25, -0.2) is 0 Å². The van der Waals surface area contributed by atoms with Crippen molar-refractivity contribution in [1.29, 1.82) is 0 Å². The van der Waals surface area contributed by atoms with Crippen LogP contribution in [-0.4, -0.2) is 48.2 Å². The van der Waals surface area contributed by atoms with Gasteiger partial charge in [-0.15, -0.1) is 0 Å². The Kier molecular flexibility index (Phi) is 8.92. The fourth-order valence-corrected chi connectivity index (χ4v) is 5.48. The Balaban J connectivity index is 1.83. The number of nitrogens with zero attached hydrogens (tertiary/aromatic N) is 1. The number of ether oxygens (including phenoxy) is 2. The molecule has 9 heteroatoms. The van der Waals surface area contributed by atoms with Crippen LogP contribution in [0, 0.1) is 0 Å². The number of anilines is 1. The predicted molar refractivity (Wildman–Crippen MR) is 134 cm³/mol. The van der Waals surface area contributed by atoms with Crippen LogP contribution in [0.3, 0.4) is 0 Å². The normalized spacial score (nSPS) is 18.2. The Labute approximate surface area is 210 Å². The molecule has 0 saturated heterocycles. The minimum atomic E-state index is -0.469. The van der Waals surface area contributed by atoms with E-state index >= 15 is 0 Å². The maximum atomic E-state index is 13.1. The summed E-state index contributed by atoms with van der Waals surface area (Å²) in [5, 5.41) is 13.1. The summed E-state index contributed by atoms with van der Waals surface area (Å²) in [5.74, 6) is -0.238. The number of amides is 1. The van der Waals surface area contributed by atoms with Crippen molar-refractivity contribution in [3.05, 3.63) is 50.4 Å². The third-order valence-electron chi connectivity index (χ3n) is 5.72. The molecule has 2 aromatic carbocycles. The molecule has 0 aromatic heterocycles. The molecule has 0 unspecified atom stereocenters. The molecule has 7 nitrogen and oxygen atoms in total. The van der Waals surface area contributed by atoms with Crippen LogP contribution in [0.5, 0.6) is 11.5 Å². The second-order valence-electron chi connectivity index (χ2n) is 8.22. The van der Waals surface area contributed by atoms with E-state index in [1.54, 1.807) is 6.07 Å². The van der Waals surface area contributed by atoms with Gasteiger partial charge < -0.3 is 19.9 Å². The molecule has 3 rings (SSSR count). The van der Waals surface area contributed by atoms with E-state index in [4.69, 9.17) is 9.47 Å². The third-order valence-corrected chi connectivity index (χ3v) is 6.80. The lowest BCUT2D eigenvalue weighted by molar-refractivity contribution is -0.132. The number of benzene rings is 2. The summed E-state index contributed by atoms with van der Waals surface area (Å²) >= 11 is 7.12. The van der Waals surface area contributed by atoms with Crippen LogP contribution < -0.4 is 14.8 Å². The fraction of sp³-hybridized carbons (Fsp3) is 0.417. The van der Waals surface area contributed by atoms with Gasteiger partial charge in [-0.2, -0.15) is 0 Å². The van der Waals surface area contributed by atoms with E-state index in [2.05, 4.69) is 42.1 Å². The predicted octanol–water partition coefficient (Wildman–Crippen LogP) is 5.13. The minimum Gasteiger partial charge on any atom is -0.493 e. The van der Waals surface area contributed by atoms with Crippen LogP contribution in [0.2, 0.25) is 0 Å². The van der Waals surface area contributed by atoms with Crippen molar-refractivity contribution in [1.82, 2.24) is 4.90 Å². The van der Waals surface area contributed by atoms with Crippen LogP contribution in [0.15, 0.2) is 39.3 Å². The van der Waals surface area contributed by atoms with Crippen molar-refractivity contribution in [2.24, 2.45) is 0 Å². The van der Waals surface area contributed by atoms with Crippen LogP contribution in [0.1, 0.15) is 48.5 Å². The largest absolute Gasteiger partial charge is 0.493 e.